The fraction of sp³-hybridized carbons (Fsp3) is 0.435. The van der Waals surface area contributed by atoms with Crippen LogP contribution in [0.4, 0.5) is 0 Å². The minimum Gasteiger partial charge on any atom is -0.497 e. The highest BCUT2D eigenvalue weighted by Gasteiger charge is 2.15. The maximum atomic E-state index is 12.4. The molecule has 5 nitrogen and oxygen atoms in total. The number of carbonyl (C=O) groups is 1. The van der Waals surface area contributed by atoms with Gasteiger partial charge < -0.3 is 14.8 Å². The Kier molecular flexibility index (Phi) is 7.31. The van der Waals surface area contributed by atoms with Crippen molar-refractivity contribution in [1.82, 2.24) is 10.2 Å². The van der Waals surface area contributed by atoms with Crippen LogP contribution in [-0.4, -0.2) is 37.1 Å². The molecule has 1 heterocycles. The van der Waals surface area contributed by atoms with E-state index in [-0.39, 0.29) is 5.91 Å². The number of amides is 1. The smallest absolute Gasteiger partial charge is 0.261 e. The van der Waals surface area contributed by atoms with Gasteiger partial charge in [0.05, 0.1) is 7.11 Å². The third-order valence-corrected chi connectivity index (χ3v) is 5.04. The van der Waals surface area contributed by atoms with E-state index < -0.39 is 6.10 Å². The molecule has 0 aromatic heterocycles. The molecule has 1 atom stereocenters. The molecule has 2 aromatic carbocycles. The van der Waals surface area contributed by atoms with E-state index in [0.29, 0.717) is 18.0 Å². The monoisotopic (exact) mass is 382 g/mol. The van der Waals surface area contributed by atoms with Crippen LogP contribution in [0.1, 0.15) is 37.3 Å². The highest BCUT2D eigenvalue weighted by molar-refractivity contribution is 5.80. The van der Waals surface area contributed by atoms with Gasteiger partial charge in [0.1, 0.15) is 11.5 Å². The number of ether oxygens (including phenoxy) is 2. The first kappa shape index (κ1) is 20.2. The lowest BCUT2D eigenvalue weighted by molar-refractivity contribution is -0.127. The van der Waals surface area contributed by atoms with Crippen LogP contribution in [0.5, 0.6) is 11.5 Å². The van der Waals surface area contributed by atoms with Gasteiger partial charge in [0.2, 0.25) is 0 Å². The Balaban J connectivity index is 1.50. The van der Waals surface area contributed by atoms with Gasteiger partial charge in [0.15, 0.2) is 6.10 Å². The van der Waals surface area contributed by atoms with Gasteiger partial charge in [-0.05, 0) is 56.1 Å². The summed E-state index contributed by atoms with van der Waals surface area (Å²) in [5.41, 5.74) is 2.41. The molecule has 28 heavy (non-hydrogen) atoms. The first-order valence-electron chi connectivity index (χ1n) is 10.0. The quantitative estimate of drug-likeness (QED) is 0.755. The molecule has 1 aliphatic rings. The topological polar surface area (TPSA) is 50.8 Å². The van der Waals surface area contributed by atoms with Gasteiger partial charge in [0.25, 0.3) is 5.91 Å². The first-order chi connectivity index (χ1) is 13.6. The van der Waals surface area contributed by atoms with Gasteiger partial charge in [0, 0.05) is 19.2 Å². The highest BCUT2D eigenvalue weighted by Crippen LogP contribution is 2.20. The number of hydrogen-bond donors (Lipinski definition) is 1. The van der Waals surface area contributed by atoms with Crippen molar-refractivity contribution in [2.24, 2.45) is 0 Å². The lowest BCUT2D eigenvalue weighted by Gasteiger charge is -2.26. The zero-order valence-electron chi connectivity index (χ0n) is 16.8. The van der Waals surface area contributed by atoms with Crippen LogP contribution in [-0.2, 0) is 17.9 Å². The summed E-state index contributed by atoms with van der Waals surface area (Å²) in [6.45, 7) is 5.59. The number of methoxy groups -OCH3 is 1. The zero-order chi connectivity index (χ0) is 19.8. The molecule has 1 amide bonds. The number of benzene rings is 2. The van der Waals surface area contributed by atoms with Crippen molar-refractivity contribution in [3.05, 3.63) is 59.7 Å². The second kappa shape index (κ2) is 10.1. The molecule has 5 heteroatoms. The lowest BCUT2D eigenvalue weighted by Crippen LogP contribution is -2.36. The summed E-state index contributed by atoms with van der Waals surface area (Å²) in [6, 6.07) is 15.7. The number of rotatable bonds is 8. The van der Waals surface area contributed by atoms with Crippen LogP contribution in [0.3, 0.4) is 0 Å². The minimum atomic E-state index is -0.580. The van der Waals surface area contributed by atoms with Crippen molar-refractivity contribution in [3.8, 4) is 11.5 Å². The van der Waals surface area contributed by atoms with Crippen LogP contribution in [0, 0.1) is 0 Å². The first-order valence-corrected chi connectivity index (χ1v) is 10.0. The number of likely N-dealkylation sites (tertiary alicyclic amines) is 1. The molecule has 3 rings (SSSR count). The minimum absolute atomic E-state index is 0.135. The van der Waals surface area contributed by atoms with E-state index in [1.807, 2.05) is 24.3 Å². The maximum absolute atomic E-state index is 12.4. The van der Waals surface area contributed by atoms with E-state index >= 15 is 0 Å². The molecular formula is C23H30N2O3. The van der Waals surface area contributed by atoms with Crippen LogP contribution < -0.4 is 14.8 Å². The summed E-state index contributed by atoms with van der Waals surface area (Å²) in [7, 11) is 1.61. The van der Waals surface area contributed by atoms with E-state index in [1.165, 1.54) is 37.9 Å². The fourth-order valence-electron chi connectivity index (χ4n) is 3.48. The second-order valence-electron chi connectivity index (χ2n) is 7.31. The molecule has 150 valence electrons. The van der Waals surface area contributed by atoms with Crippen LogP contribution in [0.15, 0.2) is 48.5 Å². The van der Waals surface area contributed by atoms with Crippen LogP contribution in [0.25, 0.3) is 0 Å². The van der Waals surface area contributed by atoms with E-state index in [9.17, 15) is 4.79 Å². The molecule has 0 spiro atoms. The summed E-state index contributed by atoms with van der Waals surface area (Å²) in [5, 5.41) is 2.97. The second-order valence-corrected chi connectivity index (χ2v) is 7.31. The third kappa shape index (κ3) is 5.99. The number of piperidine rings is 1. The SMILES string of the molecule is COc1cccc(OC(C)C(=O)NCc2cccc(CN3CCCCC3)c2)c1. The Morgan fingerprint density at radius 1 is 1.04 bits per heavy atom. The summed E-state index contributed by atoms with van der Waals surface area (Å²) < 4.78 is 10.9. The molecule has 0 radical (unpaired) electrons. The van der Waals surface area contributed by atoms with E-state index in [2.05, 4.69) is 28.4 Å². The van der Waals surface area contributed by atoms with Gasteiger partial charge in [-0.2, -0.15) is 0 Å². The van der Waals surface area contributed by atoms with Crippen molar-refractivity contribution in [2.75, 3.05) is 20.2 Å². The van der Waals surface area contributed by atoms with Crippen molar-refractivity contribution >= 4 is 5.91 Å². The molecule has 1 aliphatic heterocycles. The largest absolute Gasteiger partial charge is 0.497 e. The molecule has 1 N–H and O–H groups in total. The number of nitrogens with zero attached hydrogens (tertiary/aromatic N) is 1. The summed E-state index contributed by atoms with van der Waals surface area (Å²) in [6.07, 6.45) is 3.35. The van der Waals surface area contributed by atoms with Gasteiger partial charge in [-0.25, -0.2) is 0 Å². The lowest BCUT2D eigenvalue weighted by atomic mass is 10.1. The van der Waals surface area contributed by atoms with Gasteiger partial charge in [-0.1, -0.05) is 36.8 Å². The Hall–Kier alpha value is -2.53. The molecule has 0 bridgehead atoms. The Morgan fingerprint density at radius 3 is 2.54 bits per heavy atom. The number of nitrogens with one attached hydrogen (secondary N) is 1. The van der Waals surface area contributed by atoms with Crippen molar-refractivity contribution in [3.63, 3.8) is 0 Å². The number of hydrogen-bond acceptors (Lipinski definition) is 4. The van der Waals surface area contributed by atoms with Crippen molar-refractivity contribution in [1.29, 1.82) is 0 Å². The van der Waals surface area contributed by atoms with Crippen molar-refractivity contribution < 1.29 is 14.3 Å². The molecule has 0 saturated carbocycles. The Bertz CT molecular complexity index is 772. The highest BCUT2D eigenvalue weighted by atomic mass is 16.5. The molecular weight excluding hydrogens is 352 g/mol. The molecule has 1 saturated heterocycles. The van der Waals surface area contributed by atoms with E-state index in [0.717, 1.165) is 12.1 Å². The molecule has 0 aliphatic carbocycles. The zero-order valence-corrected chi connectivity index (χ0v) is 16.8. The van der Waals surface area contributed by atoms with Crippen LogP contribution in [0.2, 0.25) is 0 Å². The number of carbonyl (C=O) groups excluding carboxylic acids is 1. The predicted octanol–water partition coefficient (Wildman–Crippen LogP) is 3.76. The third-order valence-electron chi connectivity index (χ3n) is 5.04. The standard InChI is InChI=1S/C23H30N2O3/c1-18(28-22-11-7-10-21(15-22)27-2)23(26)24-16-19-8-6-9-20(14-19)17-25-12-4-3-5-13-25/h6-11,14-15,18H,3-5,12-13,16-17H2,1-2H3,(H,24,26). The van der Waals surface area contributed by atoms with Gasteiger partial charge in [-0.3, -0.25) is 9.69 Å². The predicted molar refractivity (Wildman–Crippen MR) is 111 cm³/mol. The fourth-order valence-corrected chi connectivity index (χ4v) is 3.48. The van der Waals surface area contributed by atoms with Crippen LogP contribution >= 0.6 is 0 Å². The summed E-state index contributed by atoms with van der Waals surface area (Å²) in [4.78, 5) is 14.9. The molecule has 2 aromatic rings. The normalized spacial score (nSPS) is 15.6. The average molecular weight is 383 g/mol. The maximum Gasteiger partial charge on any atom is 0.261 e. The van der Waals surface area contributed by atoms with Gasteiger partial charge >= 0.3 is 0 Å². The summed E-state index contributed by atoms with van der Waals surface area (Å²) in [5.74, 6) is 1.19. The molecule has 1 fully saturated rings. The van der Waals surface area contributed by atoms with Crippen molar-refractivity contribution in [2.45, 2.75) is 45.4 Å². The van der Waals surface area contributed by atoms with E-state index in [1.54, 1.807) is 20.1 Å². The average Bonchev–Trinajstić information content (AvgIpc) is 2.73. The van der Waals surface area contributed by atoms with Gasteiger partial charge in [-0.15, -0.1) is 0 Å². The summed E-state index contributed by atoms with van der Waals surface area (Å²) >= 11 is 0. The van der Waals surface area contributed by atoms with E-state index in [4.69, 9.17) is 9.47 Å². The Morgan fingerprint density at radius 2 is 1.75 bits per heavy atom. The Labute approximate surface area is 167 Å². The molecule has 1 unspecified atom stereocenters.